The number of pyridine rings is 1. The predicted octanol–water partition coefficient (Wildman–Crippen LogP) is 2.40. The molecule has 2 aliphatic rings. The second-order valence-electron chi connectivity index (χ2n) is 7.52. The van der Waals surface area contributed by atoms with Crippen molar-refractivity contribution in [2.75, 3.05) is 35.7 Å². The van der Waals surface area contributed by atoms with Gasteiger partial charge in [-0.15, -0.1) is 0 Å². The molecule has 5 rings (SSSR count). The molecule has 1 aliphatic carbocycles. The van der Waals surface area contributed by atoms with E-state index in [1.54, 1.807) is 10.7 Å². The molecule has 0 radical (unpaired) electrons. The van der Waals surface area contributed by atoms with E-state index in [9.17, 15) is 4.79 Å². The Morgan fingerprint density at radius 1 is 1.14 bits per heavy atom. The van der Waals surface area contributed by atoms with Crippen LogP contribution in [0, 0.1) is 0 Å². The minimum Gasteiger partial charge on any atom is -0.373 e. The fraction of sp³-hybridized carbons (Fsp3) is 0.400. The Bertz CT molecular complexity index is 1050. The third-order valence-corrected chi connectivity index (χ3v) is 5.31. The summed E-state index contributed by atoms with van der Waals surface area (Å²) in [5.74, 6) is 2.89. The molecule has 1 saturated carbocycles. The van der Waals surface area contributed by atoms with Gasteiger partial charge in [0.2, 0.25) is 0 Å². The first-order valence-electron chi connectivity index (χ1n) is 10.1. The summed E-state index contributed by atoms with van der Waals surface area (Å²) in [6.45, 7) is 2.08. The molecule has 9 heteroatoms. The van der Waals surface area contributed by atoms with Crippen LogP contribution in [0.3, 0.4) is 0 Å². The minimum absolute atomic E-state index is 0.136. The molecular weight excluding hydrogens is 368 g/mol. The fourth-order valence-electron chi connectivity index (χ4n) is 3.60. The van der Waals surface area contributed by atoms with Crippen molar-refractivity contribution in [3.63, 3.8) is 0 Å². The highest BCUT2D eigenvalue weighted by atomic mass is 16.1. The normalized spacial score (nSPS) is 16.2. The molecule has 0 bridgehead atoms. The summed E-state index contributed by atoms with van der Waals surface area (Å²) < 4.78 is 1.64. The van der Waals surface area contributed by atoms with E-state index >= 15 is 0 Å². The highest BCUT2D eigenvalue weighted by Gasteiger charge is 2.26. The molecule has 150 valence electrons. The van der Waals surface area contributed by atoms with E-state index in [-0.39, 0.29) is 11.9 Å². The lowest BCUT2D eigenvalue weighted by Gasteiger charge is -2.17. The lowest BCUT2D eigenvalue weighted by molar-refractivity contribution is 0.0952. The first kappa shape index (κ1) is 17.7. The average molecular weight is 392 g/mol. The number of aromatic nitrogens is 4. The summed E-state index contributed by atoms with van der Waals surface area (Å²) in [6, 6.07) is 8.08. The molecule has 0 spiro atoms. The van der Waals surface area contributed by atoms with E-state index in [0.717, 1.165) is 43.4 Å². The zero-order valence-electron chi connectivity index (χ0n) is 16.4. The lowest BCUT2D eigenvalue weighted by Crippen LogP contribution is -2.25. The SMILES string of the molecule is CNc1cc(Nc2cccc(N3CCCC3)n2)nc2c(C(=O)NC3CC3)cnn12. The maximum atomic E-state index is 12.6. The van der Waals surface area contributed by atoms with E-state index in [4.69, 9.17) is 4.98 Å². The molecule has 4 heterocycles. The first-order chi connectivity index (χ1) is 14.2. The maximum Gasteiger partial charge on any atom is 0.256 e. The number of hydrogen-bond donors (Lipinski definition) is 3. The van der Waals surface area contributed by atoms with E-state index in [1.807, 2.05) is 31.3 Å². The van der Waals surface area contributed by atoms with Crippen molar-refractivity contribution in [1.29, 1.82) is 0 Å². The van der Waals surface area contributed by atoms with Gasteiger partial charge in [-0.1, -0.05) is 6.07 Å². The van der Waals surface area contributed by atoms with Gasteiger partial charge in [0.05, 0.1) is 6.20 Å². The van der Waals surface area contributed by atoms with Gasteiger partial charge < -0.3 is 20.9 Å². The van der Waals surface area contributed by atoms with Crippen LogP contribution in [-0.2, 0) is 0 Å². The number of anilines is 4. The van der Waals surface area contributed by atoms with Gasteiger partial charge in [-0.25, -0.2) is 9.97 Å². The molecule has 0 unspecified atom stereocenters. The number of rotatable bonds is 6. The summed E-state index contributed by atoms with van der Waals surface area (Å²) in [5, 5.41) is 13.7. The molecule has 3 aromatic heterocycles. The number of carbonyl (C=O) groups excluding carboxylic acids is 1. The van der Waals surface area contributed by atoms with Gasteiger partial charge in [-0.05, 0) is 37.8 Å². The molecule has 1 amide bonds. The monoisotopic (exact) mass is 392 g/mol. The van der Waals surface area contributed by atoms with E-state index in [1.165, 1.54) is 12.8 Å². The largest absolute Gasteiger partial charge is 0.373 e. The number of carbonyl (C=O) groups is 1. The molecule has 1 aliphatic heterocycles. The molecular formula is C20H24N8O. The Hall–Kier alpha value is -3.36. The van der Waals surface area contributed by atoms with Crippen LogP contribution in [0.2, 0.25) is 0 Å². The molecule has 2 fully saturated rings. The molecule has 0 aromatic carbocycles. The van der Waals surface area contributed by atoms with E-state index in [2.05, 4.69) is 30.9 Å². The van der Waals surface area contributed by atoms with Crippen LogP contribution >= 0.6 is 0 Å². The summed E-state index contributed by atoms with van der Waals surface area (Å²) in [6.07, 6.45) is 6.04. The third kappa shape index (κ3) is 3.55. The molecule has 29 heavy (non-hydrogen) atoms. The molecule has 9 nitrogen and oxygen atoms in total. The van der Waals surface area contributed by atoms with Crippen LogP contribution in [0.5, 0.6) is 0 Å². The number of nitrogens with zero attached hydrogens (tertiary/aromatic N) is 5. The first-order valence-corrected chi connectivity index (χ1v) is 10.1. The highest BCUT2D eigenvalue weighted by molar-refractivity contribution is 6.00. The molecule has 3 N–H and O–H groups in total. The van der Waals surface area contributed by atoms with Crippen LogP contribution in [0.1, 0.15) is 36.0 Å². The van der Waals surface area contributed by atoms with Crippen LogP contribution in [0.4, 0.5) is 23.3 Å². The second-order valence-corrected chi connectivity index (χ2v) is 7.52. The van der Waals surface area contributed by atoms with Gasteiger partial charge in [-0.3, -0.25) is 4.79 Å². The van der Waals surface area contributed by atoms with Crippen LogP contribution in [-0.4, -0.2) is 51.7 Å². The Morgan fingerprint density at radius 3 is 2.72 bits per heavy atom. The maximum absolute atomic E-state index is 12.6. The van der Waals surface area contributed by atoms with Crippen molar-refractivity contribution in [1.82, 2.24) is 24.9 Å². The van der Waals surface area contributed by atoms with Crippen molar-refractivity contribution >= 4 is 34.8 Å². The van der Waals surface area contributed by atoms with Crippen molar-refractivity contribution in [2.24, 2.45) is 0 Å². The number of fused-ring (bicyclic) bond motifs is 1. The molecule has 3 aromatic rings. The van der Waals surface area contributed by atoms with Crippen LogP contribution in [0.25, 0.3) is 5.65 Å². The van der Waals surface area contributed by atoms with E-state index < -0.39 is 0 Å². The number of nitrogens with one attached hydrogen (secondary N) is 3. The summed E-state index contributed by atoms with van der Waals surface area (Å²) in [4.78, 5) is 24.2. The van der Waals surface area contributed by atoms with E-state index in [0.29, 0.717) is 17.0 Å². The standard InChI is InChI=1S/C20H24N8O/c1-21-18-11-16(24-15-5-4-6-17(25-15)27-9-2-3-10-27)26-19-14(12-22-28(18)19)20(29)23-13-7-8-13/h4-6,11-13,21H,2-3,7-10H2,1H3,(H,23,29)(H,24,25,26). The molecule has 1 saturated heterocycles. The van der Waals surface area contributed by atoms with Gasteiger partial charge in [0.15, 0.2) is 5.65 Å². The Kier molecular flexibility index (Phi) is 4.42. The van der Waals surface area contributed by atoms with Gasteiger partial charge in [0, 0.05) is 32.2 Å². The van der Waals surface area contributed by atoms with Gasteiger partial charge >= 0.3 is 0 Å². The van der Waals surface area contributed by atoms with Gasteiger partial charge in [-0.2, -0.15) is 9.61 Å². The highest BCUT2D eigenvalue weighted by Crippen LogP contribution is 2.25. The van der Waals surface area contributed by atoms with Crippen molar-refractivity contribution in [3.05, 3.63) is 36.0 Å². The summed E-state index contributed by atoms with van der Waals surface area (Å²) in [5.41, 5.74) is 0.976. The Labute approximate surface area is 168 Å². The van der Waals surface area contributed by atoms with Crippen molar-refractivity contribution in [3.8, 4) is 0 Å². The zero-order chi connectivity index (χ0) is 19.8. The van der Waals surface area contributed by atoms with Crippen molar-refractivity contribution < 1.29 is 4.79 Å². The quantitative estimate of drug-likeness (QED) is 0.592. The zero-order valence-corrected chi connectivity index (χ0v) is 16.4. The van der Waals surface area contributed by atoms with Crippen LogP contribution in [0.15, 0.2) is 30.5 Å². The number of hydrogen-bond acceptors (Lipinski definition) is 7. The van der Waals surface area contributed by atoms with Crippen LogP contribution < -0.4 is 20.9 Å². The lowest BCUT2D eigenvalue weighted by atomic mass is 10.3. The summed E-state index contributed by atoms with van der Waals surface area (Å²) in [7, 11) is 1.82. The minimum atomic E-state index is -0.136. The third-order valence-electron chi connectivity index (χ3n) is 5.31. The predicted molar refractivity (Wildman–Crippen MR) is 112 cm³/mol. The van der Waals surface area contributed by atoms with Gasteiger partial charge in [0.1, 0.15) is 28.8 Å². The number of amides is 1. The molecule has 0 atom stereocenters. The smallest absolute Gasteiger partial charge is 0.256 e. The fourth-order valence-corrected chi connectivity index (χ4v) is 3.60. The Balaban J connectivity index is 1.46. The van der Waals surface area contributed by atoms with Crippen molar-refractivity contribution in [2.45, 2.75) is 31.7 Å². The van der Waals surface area contributed by atoms with Gasteiger partial charge in [0.25, 0.3) is 5.91 Å². The Morgan fingerprint density at radius 2 is 1.97 bits per heavy atom. The topological polar surface area (TPSA) is 99.5 Å². The second kappa shape index (κ2) is 7.23. The average Bonchev–Trinajstić information content (AvgIpc) is 3.20. The summed E-state index contributed by atoms with van der Waals surface area (Å²) >= 11 is 0.